The Balaban J connectivity index is 1.59. The molecule has 2 amide bonds. The first-order valence-corrected chi connectivity index (χ1v) is 14.7. The predicted molar refractivity (Wildman–Crippen MR) is 161 cm³/mol. The quantitative estimate of drug-likeness (QED) is 0.425. The van der Waals surface area contributed by atoms with Crippen molar-refractivity contribution >= 4 is 40.4 Å². The zero-order valence-corrected chi connectivity index (χ0v) is 25.0. The number of ether oxygens (including phenoxy) is 3. The van der Waals surface area contributed by atoms with Crippen LogP contribution in [0.3, 0.4) is 0 Å². The fourth-order valence-corrected chi connectivity index (χ4v) is 6.29. The fourth-order valence-electron chi connectivity index (χ4n) is 5.37. The van der Waals surface area contributed by atoms with E-state index in [0.29, 0.717) is 65.4 Å². The average molecular weight is 591 g/mol. The number of aliphatic imine (C=N–C) groups is 1. The van der Waals surface area contributed by atoms with Crippen molar-refractivity contribution in [1.82, 2.24) is 14.7 Å². The van der Waals surface area contributed by atoms with Crippen LogP contribution in [-0.4, -0.2) is 84.7 Å². The standard InChI is InChI=1S/C31H34N4O6S/c1-5-41-30(38)27-28(21-9-7-6-8-10-21)32-31-35(29(27)24-18-23(39-3)11-12-25(24)40-4)22(19-42-31)17-26(37)34-15-13-33(14-16-34)20(2)36/h6-12,18-19,29H,5,13-17H2,1-4H3/t29-/m1/s1. The molecule has 0 saturated carbocycles. The number of carbonyl (C=O) groups is 3. The van der Waals surface area contributed by atoms with Gasteiger partial charge in [0, 0.05) is 49.9 Å². The first-order chi connectivity index (χ1) is 20.4. The highest BCUT2D eigenvalue weighted by atomic mass is 32.2. The van der Waals surface area contributed by atoms with E-state index in [-0.39, 0.29) is 24.8 Å². The molecule has 0 N–H and O–H groups in total. The number of fused-ring (bicyclic) bond motifs is 1. The van der Waals surface area contributed by atoms with Crippen LogP contribution in [0, 0.1) is 0 Å². The van der Waals surface area contributed by atoms with Crippen molar-refractivity contribution in [3.63, 3.8) is 0 Å². The van der Waals surface area contributed by atoms with E-state index in [9.17, 15) is 14.4 Å². The number of methoxy groups -OCH3 is 2. The molecule has 0 bridgehead atoms. The Kier molecular flexibility index (Phi) is 8.86. The molecule has 3 heterocycles. The van der Waals surface area contributed by atoms with Crippen molar-refractivity contribution in [3.8, 4) is 11.5 Å². The number of esters is 1. The summed E-state index contributed by atoms with van der Waals surface area (Å²) >= 11 is 1.41. The van der Waals surface area contributed by atoms with Gasteiger partial charge in [0.15, 0.2) is 5.17 Å². The van der Waals surface area contributed by atoms with Crippen LogP contribution in [0.25, 0.3) is 5.70 Å². The van der Waals surface area contributed by atoms with Crippen LogP contribution in [0.1, 0.15) is 37.4 Å². The molecule has 0 spiro atoms. The summed E-state index contributed by atoms with van der Waals surface area (Å²) in [7, 11) is 3.16. The van der Waals surface area contributed by atoms with Gasteiger partial charge in [-0.05, 0) is 30.5 Å². The molecule has 2 aromatic carbocycles. The van der Waals surface area contributed by atoms with Gasteiger partial charge < -0.3 is 28.9 Å². The molecule has 11 heteroatoms. The Bertz CT molecular complexity index is 1460. The van der Waals surface area contributed by atoms with E-state index >= 15 is 0 Å². The maximum Gasteiger partial charge on any atom is 0.338 e. The second-order valence-electron chi connectivity index (χ2n) is 9.91. The zero-order chi connectivity index (χ0) is 29.8. The SMILES string of the molecule is CCOC(=O)C1=C(c2ccccc2)N=C2SC=C(CC(=O)N3CCN(C(C)=O)CC3)N2[C@@H]1c1cc(OC)ccc1OC. The summed E-state index contributed by atoms with van der Waals surface area (Å²) in [4.78, 5) is 49.5. The number of amidine groups is 1. The number of hydrogen-bond acceptors (Lipinski definition) is 9. The van der Waals surface area contributed by atoms with Crippen molar-refractivity contribution in [1.29, 1.82) is 0 Å². The lowest BCUT2D eigenvalue weighted by molar-refractivity contribution is -0.139. The summed E-state index contributed by atoms with van der Waals surface area (Å²) < 4.78 is 17.0. The number of benzene rings is 2. The topological polar surface area (TPSA) is 101 Å². The largest absolute Gasteiger partial charge is 0.497 e. The molecule has 1 fully saturated rings. The lowest BCUT2D eigenvalue weighted by atomic mass is 9.90. The van der Waals surface area contributed by atoms with Gasteiger partial charge in [-0.3, -0.25) is 9.59 Å². The van der Waals surface area contributed by atoms with Crippen LogP contribution in [-0.2, 0) is 19.1 Å². The van der Waals surface area contributed by atoms with Gasteiger partial charge in [-0.15, -0.1) is 0 Å². The number of carbonyl (C=O) groups excluding carboxylic acids is 3. The van der Waals surface area contributed by atoms with Gasteiger partial charge in [0.25, 0.3) is 0 Å². The number of rotatable bonds is 8. The molecule has 0 aliphatic carbocycles. The third kappa shape index (κ3) is 5.74. The number of nitrogens with zero attached hydrogens (tertiary/aromatic N) is 4. The number of amides is 2. The molecular weight excluding hydrogens is 556 g/mol. The summed E-state index contributed by atoms with van der Waals surface area (Å²) in [6.45, 7) is 5.45. The molecule has 1 saturated heterocycles. The van der Waals surface area contributed by atoms with Crippen molar-refractivity contribution < 1.29 is 28.6 Å². The minimum absolute atomic E-state index is 0.00810. The van der Waals surface area contributed by atoms with E-state index in [1.165, 1.54) is 11.8 Å². The molecule has 220 valence electrons. The first kappa shape index (κ1) is 29.2. The van der Waals surface area contributed by atoms with Crippen molar-refractivity contribution in [2.45, 2.75) is 26.3 Å². The molecule has 0 aromatic heterocycles. The number of piperazine rings is 1. The minimum atomic E-state index is -0.708. The first-order valence-electron chi connectivity index (χ1n) is 13.8. The number of thioether (sulfide) groups is 1. The summed E-state index contributed by atoms with van der Waals surface area (Å²) in [5.74, 6) is 0.596. The second-order valence-corrected chi connectivity index (χ2v) is 10.8. The maximum absolute atomic E-state index is 13.8. The van der Waals surface area contributed by atoms with Gasteiger partial charge in [0.2, 0.25) is 11.8 Å². The fraction of sp³-hybridized carbons (Fsp3) is 0.355. The molecule has 2 aromatic rings. The molecule has 1 atom stereocenters. The van der Waals surface area contributed by atoms with E-state index in [1.54, 1.807) is 50.0 Å². The molecule has 5 rings (SSSR count). The zero-order valence-electron chi connectivity index (χ0n) is 24.2. The minimum Gasteiger partial charge on any atom is -0.497 e. The lowest BCUT2D eigenvalue weighted by Crippen LogP contribution is -2.50. The van der Waals surface area contributed by atoms with Crippen LogP contribution in [0.4, 0.5) is 0 Å². The highest BCUT2D eigenvalue weighted by Gasteiger charge is 2.44. The molecule has 0 unspecified atom stereocenters. The summed E-state index contributed by atoms with van der Waals surface area (Å²) in [6, 6.07) is 14.3. The second kappa shape index (κ2) is 12.7. The Morgan fingerprint density at radius 1 is 0.976 bits per heavy atom. The smallest absolute Gasteiger partial charge is 0.338 e. The molecule has 10 nitrogen and oxygen atoms in total. The van der Waals surface area contributed by atoms with Crippen molar-refractivity contribution in [2.75, 3.05) is 47.0 Å². The Morgan fingerprint density at radius 2 is 1.69 bits per heavy atom. The highest BCUT2D eigenvalue weighted by molar-refractivity contribution is 8.16. The van der Waals surface area contributed by atoms with Crippen molar-refractivity contribution in [3.05, 3.63) is 76.3 Å². The van der Waals surface area contributed by atoms with E-state index in [1.807, 2.05) is 46.7 Å². The van der Waals surface area contributed by atoms with E-state index in [0.717, 1.165) is 5.56 Å². The van der Waals surface area contributed by atoms with Crippen LogP contribution >= 0.6 is 11.8 Å². The van der Waals surface area contributed by atoms with Gasteiger partial charge in [-0.25, -0.2) is 9.79 Å². The molecule has 3 aliphatic rings. The molecule has 3 aliphatic heterocycles. The highest BCUT2D eigenvalue weighted by Crippen LogP contribution is 2.49. The third-order valence-corrected chi connectivity index (χ3v) is 8.38. The van der Waals surface area contributed by atoms with Crippen LogP contribution in [0.15, 0.2) is 70.2 Å². The van der Waals surface area contributed by atoms with E-state index in [2.05, 4.69) is 0 Å². The third-order valence-electron chi connectivity index (χ3n) is 7.49. The summed E-state index contributed by atoms with van der Waals surface area (Å²) in [6.07, 6.45) is 0.103. The van der Waals surface area contributed by atoms with Crippen LogP contribution in [0.5, 0.6) is 11.5 Å². The Morgan fingerprint density at radius 3 is 2.33 bits per heavy atom. The molecular formula is C31H34N4O6S. The maximum atomic E-state index is 13.8. The van der Waals surface area contributed by atoms with Crippen molar-refractivity contribution in [2.24, 2.45) is 4.99 Å². The van der Waals surface area contributed by atoms with Gasteiger partial charge in [-0.2, -0.15) is 0 Å². The molecule has 0 radical (unpaired) electrons. The normalized spacial score (nSPS) is 18.3. The molecule has 42 heavy (non-hydrogen) atoms. The predicted octanol–water partition coefficient (Wildman–Crippen LogP) is 4.06. The monoisotopic (exact) mass is 590 g/mol. The van der Waals surface area contributed by atoms with Gasteiger partial charge in [-0.1, -0.05) is 42.1 Å². The van der Waals surface area contributed by atoms with E-state index in [4.69, 9.17) is 19.2 Å². The lowest BCUT2D eigenvalue weighted by Gasteiger charge is -2.38. The number of hydrogen-bond donors (Lipinski definition) is 0. The van der Waals surface area contributed by atoms with Crippen LogP contribution < -0.4 is 9.47 Å². The van der Waals surface area contributed by atoms with Crippen LogP contribution in [0.2, 0.25) is 0 Å². The summed E-state index contributed by atoms with van der Waals surface area (Å²) in [5.41, 5.74) is 3.00. The van der Waals surface area contributed by atoms with Gasteiger partial charge >= 0.3 is 5.97 Å². The van der Waals surface area contributed by atoms with E-state index < -0.39 is 12.0 Å². The van der Waals surface area contributed by atoms with Gasteiger partial charge in [0.1, 0.15) is 11.5 Å². The summed E-state index contributed by atoms with van der Waals surface area (Å²) in [5, 5.41) is 2.56. The Hall–Kier alpha value is -4.25. The Labute approximate surface area is 249 Å². The van der Waals surface area contributed by atoms with Gasteiger partial charge in [0.05, 0.1) is 44.6 Å². The average Bonchev–Trinajstić information content (AvgIpc) is 3.42.